The van der Waals surface area contributed by atoms with Crippen LogP contribution in [0.15, 0.2) is 46.9 Å². The van der Waals surface area contributed by atoms with Gasteiger partial charge in [0.05, 0.1) is 0 Å². The van der Waals surface area contributed by atoms with Crippen LogP contribution in [-0.2, 0) is 6.54 Å². The fourth-order valence-corrected chi connectivity index (χ4v) is 2.75. The summed E-state index contributed by atoms with van der Waals surface area (Å²) in [5.74, 6) is 0. The summed E-state index contributed by atoms with van der Waals surface area (Å²) in [5, 5.41) is 0.630. The molecule has 0 aliphatic rings. The van der Waals surface area contributed by atoms with Gasteiger partial charge in [0.15, 0.2) is 0 Å². The van der Waals surface area contributed by atoms with E-state index in [1.807, 2.05) is 37.4 Å². The quantitative estimate of drug-likeness (QED) is 0.811. The zero-order chi connectivity index (χ0) is 14.7. The van der Waals surface area contributed by atoms with Crippen molar-refractivity contribution >= 4 is 50.4 Å². The summed E-state index contributed by atoms with van der Waals surface area (Å²) in [6.45, 7) is 0.749. The molecule has 0 saturated heterocycles. The van der Waals surface area contributed by atoms with Crippen LogP contribution >= 0.6 is 39.7 Å². The van der Waals surface area contributed by atoms with E-state index < -0.39 is 0 Å². The number of thiocarbonyl (C=S) groups is 1. The van der Waals surface area contributed by atoms with Gasteiger partial charge in [-0.3, -0.25) is 0 Å². The Kier molecular flexibility index (Phi) is 5.02. The third kappa shape index (κ3) is 3.51. The molecule has 0 aliphatic heterocycles. The smallest absolute Gasteiger partial charge is 0.106 e. The van der Waals surface area contributed by atoms with Gasteiger partial charge in [0.1, 0.15) is 4.99 Å². The number of rotatable bonds is 4. The Morgan fingerprint density at radius 3 is 2.65 bits per heavy atom. The SMILES string of the molecule is CN(Cc1ccccc1Br)c1ccc(Cl)cc1C(N)=S. The average Bonchev–Trinajstić information content (AvgIpc) is 2.41. The lowest BCUT2D eigenvalue weighted by Gasteiger charge is -2.23. The van der Waals surface area contributed by atoms with Crippen molar-refractivity contribution in [2.45, 2.75) is 6.54 Å². The topological polar surface area (TPSA) is 29.3 Å². The Balaban J connectivity index is 2.32. The van der Waals surface area contributed by atoms with Crippen LogP contribution in [0.4, 0.5) is 5.69 Å². The minimum atomic E-state index is 0.349. The molecule has 2 N–H and O–H groups in total. The predicted octanol–water partition coefficient (Wildman–Crippen LogP) is 4.37. The van der Waals surface area contributed by atoms with Crippen LogP contribution in [0, 0.1) is 0 Å². The maximum atomic E-state index is 6.01. The summed E-state index contributed by atoms with van der Waals surface area (Å²) in [4.78, 5) is 2.45. The van der Waals surface area contributed by atoms with Gasteiger partial charge in [-0.25, -0.2) is 0 Å². The molecular weight excluding hydrogens is 356 g/mol. The third-order valence-electron chi connectivity index (χ3n) is 3.00. The van der Waals surface area contributed by atoms with Crippen LogP contribution in [0.1, 0.15) is 11.1 Å². The Bertz CT molecular complexity index is 646. The van der Waals surface area contributed by atoms with Crippen molar-refractivity contribution in [1.82, 2.24) is 0 Å². The number of benzene rings is 2. The van der Waals surface area contributed by atoms with Crippen molar-refractivity contribution in [3.63, 3.8) is 0 Å². The first-order valence-corrected chi connectivity index (χ1v) is 7.61. The summed E-state index contributed by atoms with van der Waals surface area (Å²) >= 11 is 14.7. The lowest BCUT2D eigenvalue weighted by Crippen LogP contribution is -2.21. The van der Waals surface area contributed by atoms with E-state index >= 15 is 0 Å². The second kappa shape index (κ2) is 6.57. The highest BCUT2D eigenvalue weighted by Crippen LogP contribution is 2.26. The summed E-state index contributed by atoms with van der Waals surface area (Å²) in [6.07, 6.45) is 0. The molecule has 5 heteroatoms. The highest BCUT2D eigenvalue weighted by Gasteiger charge is 2.11. The predicted molar refractivity (Wildman–Crippen MR) is 93.6 cm³/mol. The van der Waals surface area contributed by atoms with Gasteiger partial charge in [0.2, 0.25) is 0 Å². The van der Waals surface area contributed by atoms with Crippen LogP contribution in [0.3, 0.4) is 0 Å². The van der Waals surface area contributed by atoms with E-state index in [1.54, 1.807) is 6.07 Å². The first-order chi connectivity index (χ1) is 9.49. The lowest BCUT2D eigenvalue weighted by molar-refractivity contribution is 0.917. The van der Waals surface area contributed by atoms with Crippen LogP contribution in [0.25, 0.3) is 0 Å². The average molecular weight is 370 g/mol. The maximum Gasteiger partial charge on any atom is 0.106 e. The lowest BCUT2D eigenvalue weighted by atomic mass is 10.1. The van der Waals surface area contributed by atoms with Crippen LogP contribution in [0.5, 0.6) is 0 Å². The second-order valence-electron chi connectivity index (χ2n) is 4.47. The Labute approximate surface area is 137 Å². The minimum Gasteiger partial charge on any atom is -0.389 e. The third-order valence-corrected chi connectivity index (χ3v) is 4.23. The summed E-state index contributed by atoms with van der Waals surface area (Å²) in [6, 6.07) is 13.7. The van der Waals surface area contributed by atoms with E-state index in [2.05, 4.69) is 26.9 Å². The van der Waals surface area contributed by atoms with Gasteiger partial charge in [-0.05, 0) is 29.8 Å². The number of nitrogens with zero attached hydrogens (tertiary/aromatic N) is 1. The van der Waals surface area contributed by atoms with Crippen LogP contribution in [-0.4, -0.2) is 12.0 Å². The summed E-state index contributed by atoms with van der Waals surface area (Å²) in [5.41, 5.74) is 8.74. The normalized spacial score (nSPS) is 10.3. The molecule has 0 saturated carbocycles. The van der Waals surface area contributed by atoms with Crippen molar-refractivity contribution < 1.29 is 0 Å². The van der Waals surface area contributed by atoms with E-state index in [9.17, 15) is 0 Å². The largest absolute Gasteiger partial charge is 0.389 e. The Hall–Kier alpha value is -1.10. The van der Waals surface area contributed by atoms with Crippen LogP contribution in [0.2, 0.25) is 5.02 Å². The van der Waals surface area contributed by atoms with Crippen LogP contribution < -0.4 is 10.6 Å². The highest BCUT2D eigenvalue weighted by molar-refractivity contribution is 9.10. The number of hydrogen-bond acceptors (Lipinski definition) is 2. The zero-order valence-electron chi connectivity index (χ0n) is 10.9. The van der Waals surface area contributed by atoms with Crippen molar-refractivity contribution in [1.29, 1.82) is 0 Å². The molecule has 0 atom stereocenters. The van der Waals surface area contributed by atoms with Gasteiger partial charge in [0, 0.05) is 34.3 Å². The summed E-state index contributed by atoms with van der Waals surface area (Å²) in [7, 11) is 2.00. The number of anilines is 1. The van der Waals surface area contributed by atoms with Crippen molar-refractivity contribution in [2.24, 2.45) is 5.73 Å². The monoisotopic (exact) mass is 368 g/mol. The van der Waals surface area contributed by atoms with Gasteiger partial charge in [0.25, 0.3) is 0 Å². The first kappa shape index (κ1) is 15.3. The fraction of sp³-hybridized carbons (Fsp3) is 0.133. The van der Waals surface area contributed by atoms with Gasteiger partial charge in [-0.2, -0.15) is 0 Å². The molecule has 0 heterocycles. The number of halogens is 2. The molecule has 2 rings (SSSR count). The minimum absolute atomic E-state index is 0.349. The highest BCUT2D eigenvalue weighted by atomic mass is 79.9. The molecule has 2 nitrogen and oxygen atoms in total. The van der Waals surface area contributed by atoms with Gasteiger partial charge >= 0.3 is 0 Å². The fourth-order valence-electron chi connectivity index (χ4n) is 2.01. The molecule has 0 fully saturated rings. The standard InChI is InChI=1S/C15H14BrClN2S/c1-19(9-10-4-2-3-5-13(10)16)14-7-6-11(17)8-12(14)15(18)20/h2-8H,9H2,1H3,(H2,18,20). The van der Waals surface area contributed by atoms with Crippen molar-refractivity contribution in [3.8, 4) is 0 Å². The van der Waals surface area contributed by atoms with E-state index in [-0.39, 0.29) is 0 Å². The molecule has 0 amide bonds. The first-order valence-electron chi connectivity index (χ1n) is 6.03. The molecule has 0 aromatic heterocycles. The molecule has 0 spiro atoms. The molecule has 0 aliphatic carbocycles. The number of nitrogens with two attached hydrogens (primary N) is 1. The van der Waals surface area contributed by atoms with E-state index in [4.69, 9.17) is 29.6 Å². The Morgan fingerprint density at radius 1 is 1.30 bits per heavy atom. The van der Waals surface area contributed by atoms with Gasteiger partial charge in [-0.1, -0.05) is 57.9 Å². The van der Waals surface area contributed by atoms with E-state index in [1.165, 1.54) is 5.56 Å². The molecule has 0 radical (unpaired) electrons. The molecule has 104 valence electrons. The Morgan fingerprint density at radius 2 is 2.00 bits per heavy atom. The van der Waals surface area contributed by atoms with Crippen molar-refractivity contribution in [2.75, 3.05) is 11.9 Å². The molecule has 0 bridgehead atoms. The van der Waals surface area contributed by atoms with Crippen molar-refractivity contribution in [3.05, 3.63) is 63.1 Å². The molecule has 2 aromatic rings. The van der Waals surface area contributed by atoms with E-state index in [0.717, 1.165) is 22.3 Å². The molecule has 0 unspecified atom stereocenters. The van der Waals surface area contributed by atoms with Gasteiger partial charge in [-0.15, -0.1) is 0 Å². The second-order valence-corrected chi connectivity index (χ2v) is 6.20. The van der Waals surface area contributed by atoms with E-state index in [0.29, 0.717) is 10.0 Å². The maximum absolute atomic E-state index is 6.01. The molecular formula is C15H14BrClN2S. The molecule has 20 heavy (non-hydrogen) atoms. The van der Waals surface area contributed by atoms with Gasteiger partial charge < -0.3 is 10.6 Å². The molecule has 2 aromatic carbocycles. The number of hydrogen-bond donors (Lipinski definition) is 1. The zero-order valence-corrected chi connectivity index (χ0v) is 14.1. The summed E-state index contributed by atoms with van der Waals surface area (Å²) < 4.78 is 1.08.